The molecule has 1 rings (SSSR count). The quantitative estimate of drug-likeness (QED) is 0.0986. The fourth-order valence-corrected chi connectivity index (χ4v) is 1.45. The summed E-state index contributed by atoms with van der Waals surface area (Å²) in [6.45, 7) is 4.09. The predicted octanol–water partition coefficient (Wildman–Crippen LogP) is 0.771. The van der Waals surface area contributed by atoms with E-state index in [-0.39, 0.29) is 62.1 Å². The number of hydrogen-bond donors (Lipinski definition) is 6. The fourth-order valence-electron chi connectivity index (χ4n) is 1.45. The fraction of sp³-hybridized carbons (Fsp3) is 0.692. The van der Waals surface area contributed by atoms with Crippen molar-refractivity contribution < 1.29 is 113 Å². The van der Waals surface area contributed by atoms with Crippen LogP contribution in [0.2, 0.25) is 0 Å². The van der Waals surface area contributed by atoms with Crippen molar-refractivity contribution in [3.05, 3.63) is 12.2 Å². The van der Waals surface area contributed by atoms with E-state index in [1.54, 1.807) is 0 Å². The first-order valence-corrected chi connectivity index (χ1v) is 12.5. The van der Waals surface area contributed by atoms with Crippen molar-refractivity contribution in [2.45, 2.75) is 48.8 Å². The molecule has 0 fully saturated rings. The van der Waals surface area contributed by atoms with E-state index in [0.717, 1.165) is 12.1 Å². The van der Waals surface area contributed by atoms with Gasteiger partial charge in [0, 0.05) is 26.3 Å². The van der Waals surface area contributed by atoms with Crippen LogP contribution in [0.3, 0.4) is 0 Å². The normalized spacial score (nSPS) is 15.7. The molecule has 0 bridgehead atoms. The van der Waals surface area contributed by atoms with E-state index >= 15 is 0 Å². The molecule has 0 amide bonds. The summed E-state index contributed by atoms with van der Waals surface area (Å²) in [5.74, 6) is -0.152. The van der Waals surface area contributed by atoms with Gasteiger partial charge in [0.15, 0.2) is 41.6 Å². The minimum atomic E-state index is -6.09. The Balaban J connectivity index is -0.0000000502. The standard InChI is InChI=1S/C10H15NO2.3CHF3O3S.5H3N.Os/c1-8-4-6-10(2,11-8)7-5-9(12)13-3;3*2-1(3,4)8(5,6)7;;;;;;/h4,6H,5,7H2,1-3H3;3*(H,5,6,7);5*1H3;/q;;;;;;;;;+2/p-2. The zero-order valence-corrected chi connectivity index (χ0v) is 27.1. The number of carbonyl (C=O) groups excluding carboxylic acids is 1. The van der Waals surface area contributed by atoms with Gasteiger partial charge in [-0.15, -0.1) is 0 Å². The van der Waals surface area contributed by atoms with Crippen LogP contribution in [0.5, 0.6) is 0 Å². The molecule has 1 aliphatic rings. The maximum absolute atomic E-state index is 10.9. The summed E-state index contributed by atoms with van der Waals surface area (Å²) < 4.78 is 181. The molecule has 268 valence electrons. The SMILES string of the molecule is COC(=O)CCC1(C)C=CC(C)=[NH+]1.N.N.N.N.N.O=S(=O)([O-])C(F)(F)F.O=S(=O)([O-])C(F)(F)F.O=S(=O)([O-])C(F)(F)F.[Os+2]. The van der Waals surface area contributed by atoms with E-state index in [1.807, 2.05) is 13.0 Å². The van der Waals surface area contributed by atoms with Crippen LogP contribution in [-0.4, -0.2) is 79.8 Å². The molecule has 0 spiro atoms. The molecule has 1 atom stereocenters. The number of halogens is 9. The molecule has 30 heteroatoms. The summed E-state index contributed by atoms with van der Waals surface area (Å²) in [5.41, 5.74) is -15.9. The molecule has 0 aliphatic carbocycles. The van der Waals surface area contributed by atoms with E-state index in [1.165, 1.54) is 7.11 Å². The second-order valence-electron chi connectivity index (χ2n) is 6.33. The number of ether oxygens (including phenoxy) is 1. The predicted molar refractivity (Wildman–Crippen MR) is 123 cm³/mol. The van der Waals surface area contributed by atoms with Crippen molar-refractivity contribution in [2.24, 2.45) is 0 Å². The van der Waals surface area contributed by atoms with Gasteiger partial charge in [0.1, 0.15) is 0 Å². The molecule has 1 heterocycles. The van der Waals surface area contributed by atoms with Crippen LogP contribution in [0.1, 0.15) is 26.7 Å². The maximum Gasteiger partial charge on any atom is 2.00 e. The molecule has 1 unspecified atom stereocenters. The number of rotatable bonds is 3. The molecule has 17 nitrogen and oxygen atoms in total. The average Bonchev–Trinajstić information content (AvgIpc) is 2.95. The minimum absolute atomic E-state index is 0. The van der Waals surface area contributed by atoms with Crippen LogP contribution >= 0.6 is 0 Å². The number of nitrogens with one attached hydrogen (secondary N) is 1. The number of esters is 1. The van der Waals surface area contributed by atoms with Crippen molar-refractivity contribution >= 4 is 42.0 Å². The van der Waals surface area contributed by atoms with Gasteiger partial charge in [-0.25, -0.2) is 30.2 Å². The second-order valence-corrected chi connectivity index (χ2v) is 10.4. The Morgan fingerprint density at radius 1 is 0.767 bits per heavy atom. The maximum atomic E-state index is 10.9. The van der Waals surface area contributed by atoms with Crippen molar-refractivity contribution in [3.8, 4) is 0 Å². The van der Waals surface area contributed by atoms with E-state index in [9.17, 15) is 44.3 Å². The molecule has 0 aromatic heterocycles. The van der Waals surface area contributed by atoms with E-state index in [0.29, 0.717) is 6.42 Å². The summed E-state index contributed by atoms with van der Waals surface area (Å²) in [5, 5.41) is 0. The molecule has 0 radical (unpaired) electrons. The number of methoxy groups -OCH3 is 1. The van der Waals surface area contributed by atoms with Crippen LogP contribution in [0.15, 0.2) is 12.2 Å². The molecule has 1 aliphatic heterocycles. The monoisotopic (exact) mass is 906 g/mol. The minimum Gasteiger partial charge on any atom is -0.741 e. The first kappa shape index (κ1) is 64.4. The second kappa shape index (κ2) is 22.9. The Morgan fingerprint density at radius 3 is 1.14 bits per heavy atom. The van der Waals surface area contributed by atoms with Crippen LogP contribution in [0.4, 0.5) is 39.5 Å². The van der Waals surface area contributed by atoms with Gasteiger partial charge in [0.25, 0.3) is 0 Å². The van der Waals surface area contributed by atoms with Crippen LogP contribution < -0.4 is 35.7 Å². The number of alkyl halides is 9. The Labute approximate surface area is 253 Å². The molecule has 0 aromatic carbocycles. The van der Waals surface area contributed by atoms with Crippen molar-refractivity contribution in [3.63, 3.8) is 0 Å². The van der Waals surface area contributed by atoms with E-state index < -0.39 is 46.9 Å². The third-order valence-corrected chi connectivity index (χ3v) is 4.81. The van der Waals surface area contributed by atoms with Crippen LogP contribution in [0.25, 0.3) is 0 Å². The van der Waals surface area contributed by atoms with Gasteiger partial charge in [-0.1, -0.05) is 0 Å². The summed E-state index contributed by atoms with van der Waals surface area (Å²) >= 11 is 0. The first-order chi connectivity index (χ1) is 15.8. The Bertz CT molecular complexity index is 1060. The first-order valence-electron chi connectivity index (χ1n) is 8.25. The summed E-state index contributed by atoms with van der Waals surface area (Å²) in [6, 6.07) is 0. The van der Waals surface area contributed by atoms with Gasteiger partial charge in [-0.3, -0.25) is 4.79 Å². The Morgan fingerprint density at radius 2 is 1.00 bits per heavy atom. The van der Waals surface area contributed by atoms with Gasteiger partial charge in [0.05, 0.1) is 13.5 Å². The number of carbonyl (C=O) groups is 1. The molecular formula is C13H31F9N6O11OsS3. The van der Waals surface area contributed by atoms with Crippen LogP contribution in [0, 0.1) is 0 Å². The third kappa shape index (κ3) is 30.2. The number of hydrogen-bond acceptors (Lipinski definition) is 16. The van der Waals surface area contributed by atoms with Crippen molar-refractivity contribution in [1.82, 2.24) is 30.8 Å². The van der Waals surface area contributed by atoms with Gasteiger partial charge >= 0.3 is 42.3 Å². The van der Waals surface area contributed by atoms with Gasteiger partial charge in [-0.2, -0.15) is 39.5 Å². The zero-order chi connectivity index (χ0) is 30.9. The molecular weight excluding hydrogens is 874 g/mol. The van der Waals surface area contributed by atoms with Crippen molar-refractivity contribution in [2.75, 3.05) is 7.11 Å². The largest absolute Gasteiger partial charge is 2.00 e. The Hall–Kier alpha value is -1.58. The molecule has 0 aromatic rings. The van der Waals surface area contributed by atoms with Gasteiger partial charge < -0.3 is 49.1 Å². The molecule has 43 heavy (non-hydrogen) atoms. The molecule has 0 saturated heterocycles. The van der Waals surface area contributed by atoms with E-state index in [2.05, 4.69) is 22.7 Å². The van der Waals surface area contributed by atoms with Gasteiger partial charge in [0.2, 0.25) is 0 Å². The molecule has 0 saturated carbocycles. The summed E-state index contributed by atoms with van der Waals surface area (Å²) in [6.07, 6.45) is 5.35. The smallest absolute Gasteiger partial charge is 0.741 e. The number of allylic oxidation sites excluding steroid dienone is 1. The zero-order valence-electron chi connectivity index (χ0n) is 22.1. The van der Waals surface area contributed by atoms with Crippen LogP contribution in [-0.2, 0) is 59.7 Å². The van der Waals surface area contributed by atoms with Crippen molar-refractivity contribution in [1.29, 1.82) is 0 Å². The summed E-state index contributed by atoms with van der Waals surface area (Å²) in [4.78, 5) is 14.2. The summed E-state index contributed by atoms with van der Waals surface area (Å²) in [7, 11) is -16.9. The third-order valence-electron chi connectivity index (χ3n) is 3.11. The topological polar surface area (TPSA) is 387 Å². The average molecular weight is 905 g/mol. The molecule has 16 N–H and O–H groups in total. The Kier molecular flexibility index (Phi) is 34.2. The van der Waals surface area contributed by atoms with Gasteiger partial charge in [-0.05, 0) is 6.08 Å². The van der Waals surface area contributed by atoms with E-state index in [4.69, 9.17) is 38.9 Å².